The van der Waals surface area contributed by atoms with E-state index < -0.39 is 0 Å². The SMILES string of the molecule is Cc1ccc(-c2ccc3ccccc3c2)cc1.Cc1ccc(-c2cccc3ccccc23)cc1.Cc1ccc(-c2ccccc2)cc1.Cc1cccc(-c2ccccc2)c1.Cc1cccc(C)c1.Cc1ccccc1-c1ccccc1.Cc1ccccc1C. The van der Waals surface area contributed by atoms with Crippen LogP contribution in [0.2, 0.25) is 0 Å². The Morgan fingerprint density at radius 2 is 0.461 bits per heavy atom. The molecule has 0 aromatic heterocycles. The first kappa shape index (κ1) is 64.6. The quantitative estimate of drug-likeness (QED) is 0.161. The van der Waals surface area contributed by atoms with Gasteiger partial charge in [-0.15, -0.1) is 0 Å². The van der Waals surface area contributed by atoms with E-state index in [0.717, 1.165) is 0 Å². The fraction of sp³-hybridized carbons (Fsp3) is 0.101. The van der Waals surface area contributed by atoms with Gasteiger partial charge in [-0.05, 0) is 162 Å². The number of hydrogen-bond acceptors (Lipinski definition) is 0. The minimum Gasteiger partial charge on any atom is -0.0622 e. The normalized spacial score (nSPS) is 10.1. The fourth-order valence-corrected chi connectivity index (χ4v) is 10.1. The Bertz CT molecular complexity index is 4300. The lowest BCUT2D eigenvalue weighted by molar-refractivity contribution is 1.34. The summed E-state index contributed by atoms with van der Waals surface area (Å²) in [7, 11) is 0. The Labute approximate surface area is 532 Å². The fourth-order valence-electron chi connectivity index (χ4n) is 10.1. The Kier molecular flexibility index (Phi) is 24.7. The van der Waals surface area contributed by atoms with Crippen LogP contribution in [0.25, 0.3) is 77.2 Å². The van der Waals surface area contributed by atoms with Crippen LogP contribution in [0, 0.1) is 62.3 Å². The highest BCUT2D eigenvalue weighted by atomic mass is 14.1. The van der Waals surface area contributed by atoms with E-state index >= 15 is 0 Å². The molecule has 0 fully saturated rings. The van der Waals surface area contributed by atoms with Crippen molar-refractivity contribution in [3.8, 4) is 55.6 Å². The second-order valence-corrected chi connectivity index (χ2v) is 22.7. The first-order valence-electron chi connectivity index (χ1n) is 30.9. The van der Waals surface area contributed by atoms with E-state index in [-0.39, 0.29) is 0 Å². The average molecular weight is 1150 g/mol. The molecule has 0 aliphatic rings. The molecule has 0 radical (unpaired) electrons. The van der Waals surface area contributed by atoms with Gasteiger partial charge in [0, 0.05) is 0 Å². The molecule has 0 bridgehead atoms. The summed E-state index contributed by atoms with van der Waals surface area (Å²) in [6.07, 6.45) is 0. The molecule has 0 saturated carbocycles. The summed E-state index contributed by atoms with van der Waals surface area (Å²) < 4.78 is 0. The molecule has 89 heavy (non-hydrogen) atoms. The van der Waals surface area contributed by atoms with Gasteiger partial charge in [-0.25, -0.2) is 0 Å². The zero-order chi connectivity index (χ0) is 62.6. The van der Waals surface area contributed by atoms with Crippen LogP contribution in [0.1, 0.15) is 50.1 Å². The smallest absolute Gasteiger partial charge is 0.0105 e. The van der Waals surface area contributed by atoms with Gasteiger partial charge in [0.15, 0.2) is 0 Å². The number of rotatable bonds is 5. The zero-order valence-electron chi connectivity index (χ0n) is 53.4. The van der Waals surface area contributed by atoms with Crippen molar-refractivity contribution in [1.82, 2.24) is 0 Å². The maximum atomic E-state index is 2.25. The molecule has 0 aliphatic heterocycles. The van der Waals surface area contributed by atoms with Crippen LogP contribution >= 0.6 is 0 Å². The number of benzene rings is 14. The first-order valence-corrected chi connectivity index (χ1v) is 30.9. The third-order valence-corrected chi connectivity index (χ3v) is 15.4. The van der Waals surface area contributed by atoms with Crippen LogP contribution < -0.4 is 0 Å². The van der Waals surface area contributed by atoms with E-state index in [4.69, 9.17) is 0 Å². The number of fused-ring (bicyclic) bond motifs is 2. The summed E-state index contributed by atoms with van der Waals surface area (Å²) >= 11 is 0. The van der Waals surface area contributed by atoms with Crippen LogP contribution in [-0.2, 0) is 0 Å². The van der Waals surface area contributed by atoms with Crippen LogP contribution in [-0.4, -0.2) is 0 Å². The van der Waals surface area contributed by atoms with Gasteiger partial charge < -0.3 is 0 Å². The van der Waals surface area contributed by atoms with E-state index in [1.54, 1.807) is 0 Å². The molecule has 0 saturated heterocycles. The standard InChI is InChI=1S/2C17H14.3C13H12.2C8H10/c1-13-9-11-15(12-10-13)17-8-4-6-14-5-2-3-7-16(14)17;1-13-6-8-15(9-7-13)17-11-10-14-4-2-3-5-16(14)12-17;1-11-7-5-6-10-13(11)12-8-3-2-4-9-12;1-11-6-5-9-13(10-11)12-7-3-2-4-8-12;1-11-7-9-13(10-8-11)12-5-3-2-4-6-12;1-7-4-3-5-8(2)6-7;1-7-5-3-4-6-8(7)2/h2*2-12H,1H3;3*2-10H,1H3;2*3-6H,1-2H3. The van der Waals surface area contributed by atoms with Crippen LogP contribution in [0.4, 0.5) is 0 Å². The van der Waals surface area contributed by atoms with Crippen molar-refractivity contribution in [2.24, 2.45) is 0 Å². The molecule has 0 spiro atoms. The van der Waals surface area contributed by atoms with Crippen molar-refractivity contribution in [3.05, 3.63) is 396 Å². The molecule has 440 valence electrons. The third kappa shape index (κ3) is 20.6. The summed E-state index contributed by atoms with van der Waals surface area (Å²) in [4.78, 5) is 0. The number of aryl methyl sites for hydroxylation is 9. The average Bonchev–Trinajstić information content (AvgIpc) is 2.96. The highest BCUT2D eigenvalue weighted by Gasteiger charge is 2.04. The van der Waals surface area contributed by atoms with Gasteiger partial charge in [-0.3, -0.25) is 0 Å². The van der Waals surface area contributed by atoms with Crippen molar-refractivity contribution in [3.63, 3.8) is 0 Å². The van der Waals surface area contributed by atoms with E-state index in [9.17, 15) is 0 Å². The molecule has 0 unspecified atom stereocenters. The summed E-state index contributed by atoms with van der Waals surface area (Å²) in [6, 6.07) is 121. The zero-order valence-corrected chi connectivity index (χ0v) is 53.4. The molecule has 0 amide bonds. The first-order chi connectivity index (χ1) is 43.4. The maximum absolute atomic E-state index is 2.25. The van der Waals surface area contributed by atoms with E-state index in [0.29, 0.717) is 0 Å². The minimum atomic E-state index is 1.28. The monoisotopic (exact) mass is 1150 g/mol. The molecular formula is C89H84. The Hall–Kier alpha value is -10.4. The van der Waals surface area contributed by atoms with Gasteiger partial charge in [0.1, 0.15) is 0 Å². The molecule has 0 N–H and O–H groups in total. The molecular weight excluding hydrogens is 1070 g/mol. The van der Waals surface area contributed by atoms with Crippen LogP contribution in [0.15, 0.2) is 346 Å². The summed E-state index contributed by atoms with van der Waals surface area (Å²) in [5.74, 6) is 0. The summed E-state index contributed by atoms with van der Waals surface area (Å²) in [5.41, 5.74) is 24.9. The van der Waals surface area contributed by atoms with Crippen molar-refractivity contribution in [2.75, 3.05) is 0 Å². The van der Waals surface area contributed by atoms with E-state index in [1.807, 2.05) is 18.2 Å². The van der Waals surface area contributed by atoms with Gasteiger partial charge in [0.05, 0.1) is 0 Å². The van der Waals surface area contributed by atoms with Crippen LogP contribution in [0.5, 0.6) is 0 Å². The van der Waals surface area contributed by atoms with Crippen LogP contribution in [0.3, 0.4) is 0 Å². The highest BCUT2D eigenvalue weighted by Crippen LogP contribution is 2.30. The molecule has 0 nitrogen and oxygen atoms in total. The number of hydrogen-bond donors (Lipinski definition) is 0. The van der Waals surface area contributed by atoms with Crippen molar-refractivity contribution >= 4 is 21.5 Å². The van der Waals surface area contributed by atoms with Crippen molar-refractivity contribution < 1.29 is 0 Å². The predicted molar refractivity (Wildman–Crippen MR) is 390 cm³/mol. The molecule has 0 atom stereocenters. The van der Waals surface area contributed by atoms with Crippen molar-refractivity contribution in [1.29, 1.82) is 0 Å². The lowest BCUT2D eigenvalue weighted by Gasteiger charge is -2.07. The van der Waals surface area contributed by atoms with E-state index in [2.05, 4.69) is 390 Å². The largest absolute Gasteiger partial charge is 0.0622 e. The molecule has 0 aliphatic carbocycles. The third-order valence-electron chi connectivity index (χ3n) is 15.4. The second kappa shape index (κ2) is 34.1. The Morgan fingerprint density at radius 3 is 0.955 bits per heavy atom. The summed E-state index contributed by atoms with van der Waals surface area (Å²) in [6.45, 7) is 19.0. The highest BCUT2D eigenvalue weighted by molar-refractivity contribution is 5.96. The lowest BCUT2D eigenvalue weighted by atomic mass is 9.98. The maximum Gasteiger partial charge on any atom is -0.0105 e. The molecule has 14 aromatic rings. The molecule has 0 heterocycles. The lowest BCUT2D eigenvalue weighted by Crippen LogP contribution is -1.81. The van der Waals surface area contributed by atoms with Gasteiger partial charge in [0.25, 0.3) is 0 Å². The topological polar surface area (TPSA) is 0 Å². The minimum absolute atomic E-state index is 1.28. The van der Waals surface area contributed by atoms with Gasteiger partial charge in [-0.2, -0.15) is 0 Å². The van der Waals surface area contributed by atoms with Crippen molar-refractivity contribution in [2.45, 2.75) is 62.3 Å². The second-order valence-electron chi connectivity index (χ2n) is 22.7. The van der Waals surface area contributed by atoms with Gasteiger partial charge >= 0.3 is 0 Å². The molecule has 0 heteroatoms. The molecule has 14 aromatic carbocycles. The predicted octanol–water partition coefficient (Wildman–Crippen LogP) is 25.2. The van der Waals surface area contributed by atoms with Gasteiger partial charge in [-0.1, -0.05) is 373 Å². The van der Waals surface area contributed by atoms with Gasteiger partial charge in [0.2, 0.25) is 0 Å². The Balaban J connectivity index is 0.000000136. The summed E-state index contributed by atoms with van der Waals surface area (Å²) in [5, 5.41) is 5.21. The van der Waals surface area contributed by atoms with E-state index in [1.165, 1.54) is 127 Å². The molecule has 14 rings (SSSR count). The Morgan fingerprint density at radius 1 is 0.146 bits per heavy atom.